The summed E-state index contributed by atoms with van der Waals surface area (Å²) in [6.45, 7) is 5.40. The van der Waals surface area contributed by atoms with Crippen LogP contribution in [-0.2, 0) is 10.0 Å². The van der Waals surface area contributed by atoms with Crippen molar-refractivity contribution in [2.45, 2.75) is 43.7 Å². The third-order valence-corrected chi connectivity index (χ3v) is 6.20. The number of carbonyl (C=O) groups excluding carboxylic acids is 1. The van der Waals surface area contributed by atoms with Crippen molar-refractivity contribution in [3.8, 4) is 0 Å². The van der Waals surface area contributed by atoms with Gasteiger partial charge in [0.2, 0.25) is 10.0 Å². The number of nitrogens with zero attached hydrogens (tertiary/aromatic N) is 1. The van der Waals surface area contributed by atoms with Gasteiger partial charge in [-0.2, -0.15) is 4.31 Å². The Morgan fingerprint density at radius 2 is 1.92 bits per heavy atom. The van der Waals surface area contributed by atoms with E-state index in [0.29, 0.717) is 5.56 Å². The predicted molar refractivity (Wildman–Crippen MR) is 97.1 cm³/mol. The highest BCUT2D eigenvalue weighted by Crippen LogP contribution is 2.18. The van der Waals surface area contributed by atoms with Crippen LogP contribution in [0.1, 0.15) is 37.0 Å². The third kappa shape index (κ3) is 4.92. The Morgan fingerprint density at radius 1 is 1.29 bits per heavy atom. The third-order valence-electron chi connectivity index (χ3n) is 4.17. The lowest BCUT2D eigenvalue weighted by atomic mass is 10.1. The number of sulfonamides is 1. The maximum absolute atomic E-state index is 12.5. The molecule has 1 aromatic carbocycles. The van der Waals surface area contributed by atoms with E-state index in [1.807, 2.05) is 13.8 Å². The zero-order valence-electron chi connectivity index (χ0n) is 14.3. The number of amides is 1. The van der Waals surface area contributed by atoms with Crippen molar-refractivity contribution in [1.82, 2.24) is 14.9 Å². The van der Waals surface area contributed by atoms with Crippen LogP contribution in [0.3, 0.4) is 0 Å². The van der Waals surface area contributed by atoms with E-state index >= 15 is 0 Å². The first-order chi connectivity index (χ1) is 10.8. The molecule has 1 saturated heterocycles. The van der Waals surface area contributed by atoms with Crippen molar-refractivity contribution >= 4 is 28.3 Å². The van der Waals surface area contributed by atoms with Gasteiger partial charge in [-0.1, -0.05) is 6.07 Å². The van der Waals surface area contributed by atoms with Crippen LogP contribution in [0.5, 0.6) is 0 Å². The Balaban J connectivity index is 0.00000288. The first-order valence-corrected chi connectivity index (χ1v) is 9.36. The van der Waals surface area contributed by atoms with Gasteiger partial charge >= 0.3 is 0 Å². The molecule has 0 radical (unpaired) electrons. The fourth-order valence-corrected chi connectivity index (χ4v) is 3.89. The molecule has 1 aliphatic heterocycles. The topological polar surface area (TPSA) is 78.5 Å². The van der Waals surface area contributed by atoms with Gasteiger partial charge in [0, 0.05) is 24.7 Å². The molecule has 1 amide bonds. The summed E-state index contributed by atoms with van der Waals surface area (Å²) < 4.78 is 26.4. The summed E-state index contributed by atoms with van der Waals surface area (Å²) in [5.41, 5.74) is 0.377. The quantitative estimate of drug-likeness (QED) is 0.819. The summed E-state index contributed by atoms with van der Waals surface area (Å²) in [5.74, 6) is -0.221. The van der Waals surface area contributed by atoms with Crippen LogP contribution in [0, 0.1) is 0 Å². The van der Waals surface area contributed by atoms with Crippen molar-refractivity contribution < 1.29 is 13.2 Å². The predicted octanol–water partition coefficient (Wildman–Crippen LogP) is 1.62. The molecule has 6 nitrogen and oxygen atoms in total. The second-order valence-electron chi connectivity index (χ2n) is 6.14. The molecule has 0 aromatic heterocycles. The summed E-state index contributed by atoms with van der Waals surface area (Å²) in [5, 5.41) is 6.22. The van der Waals surface area contributed by atoms with Gasteiger partial charge in [-0.3, -0.25) is 4.79 Å². The zero-order chi connectivity index (χ0) is 17.0. The zero-order valence-corrected chi connectivity index (χ0v) is 15.9. The molecule has 0 saturated carbocycles. The Kier molecular flexibility index (Phi) is 7.66. The number of halogens is 1. The molecule has 2 rings (SSSR count). The molecule has 1 heterocycles. The van der Waals surface area contributed by atoms with Gasteiger partial charge in [0.05, 0.1) is 4.90 Å². The second-order valence-corrected chi connectivity index (χ2v) is 8.14. The standard InChI is InChI=1S/C16H25N3O3S.ClH/c1-12(2)19(3)23(21,22)15-6-4-5-13(11-15)16(20)18-14-7-9-17-10-8-14;/h4-6,11-12,14,17H,7-10H2,1-3H3,(H,18,20);1H. The normalized spacial score (nSPS) is 16.0. The van der Waals surface area contributed by atoms with Gasteiger partial charge in [0.1, 0.15) is 0 Å². The van der Waals surface area contributed by atoms with E-state index in [-0.39, 0.29) is 35.3 Å². The Bertz CT molecular complexity index is 658. The van der Waals surface area contributed by atoms with Crippen LogP contribution in [0.15, 0.2) is 29.2 Å². The van der Waals surface area contributed by atoms with Crippen molar-refractivity contribution in [3.63, 3.8) is 0 Å². The summed E-state index contributed by atoms with van der Waals surface area (Å²) in [6, 6.07) is 6.22. The highest BCUT2D eigenvalue weighted by molar-refractivity contribution is 7.89. The lowest BCUT2D eigenvalue weighted by Gasteiger charge is -2.24. The number of carbonyl (C=O) groups is 1. The van der Waals surface area contributed by atoms with Gasteiger partial charge in [-0.05, 0) is 58.0 Å². The highest BCUT2D eigenvalue weighted by Gasteiger charge is 2.24. The lowest BCUT2D eigenvalue weighted by Crippen LogP contribution is -2.42. The molecule has 24 heavy (non-hydrogen) atoms. The van der Waals surface area contributed by atoms with E-state index in [0.717, 1.165) is 25.9 Å². The number of hydrogen-bond donors (Lipinski definition) is 2. The molecule has 0 atom stereocenters. The van der Waals surface area contributed by atoms with Crippen LogP contribution >= 0.6 is 12.4 Å². The van der Waals surface area contributed by atoms with Gasteiger partial charge in [0.25, 0.3) is 5.91 Å². The summed E-state index contributed by atoms with van der Waals surface area (Å²) in [6.07, 6.45) is 1.78. The minimum Gasteiger partial charge on any atom is -0.349 e. The second kappa shape index (κ2) is 8.80. The SMILES string of the molecule is CC(C)N(C)S(=O)(=O)c1cccc(C(=O)NC2CCNCC2)c1.Cl. The molecular formula is C16H26ClN3O3S. The van der Waals surface area contributed by atoms with E-state index in [4.69, 9.17) is 0 Å². The monoisotopic (exact) mass is 375 g/mol. The number of nitrogens with one attached hydrogen (secondary N) is 2. The molecule has 1 fully saturated rings. The van der Waals surface area contributed by atoms with Gasteiger partial charge in [0.15, 0.2) is 0 Å². The summed E-state index contributed by atoms with van der Waals surface area (Å²) >= 11 is 0. The van der Waals surface area contributed by atoms with E-state index in [1.54, 1.807) is 19.2 Å². The highest BCUT2D eigenvalue weighted by atomic mass is 35.5. The minimum atomic E-state index is -3.58. The molecule has 1 aliphatic rings. The fourth-order valence-electron chi connectivity index (χ4n) is 2.48. The first kappa shape index (κ1) is 20.9. The molecule has 136 valence electrons. The molecule has 2 N–H and O–H groups in total. The smallest absolute Gasteiger partial charge is 0.251 e. The van der Waals surface area contributed by atoms with Crippen LogP contribution in [0.2, 0.25) is 0 Å². The lowest BCUT2D eigenvalue weighted by molar-refractivity contribution is 0.0929. The molecule has 0 unspecified atom stereocenters. The average molecular weight is 376 g/mol. The van der Waals surface area contributed by atoms with Crippen molar-refractivity contribution in [2.75, 3.05) is 20.1 Å². The average Bonchev–Trinajstić information content (AvgIpc) is 2.55. The van der Waals surface area contributed by atoms with Crippen molar-refractivity contribution in [3.05, 3.63) is 29.8 Å². The minimum absolute atomic E-state index is 0. The molecular weight excluding hydrogens is 350 g/mol. The molecule has 0 aliphatic carbocycles. The number of benzene rings is 1. The molecule has 0 spiro atoms. The maximum Gasteiger partial charge on any atom is 0.251 e. The fraction of sp³-hybridized carbons (Fsp3) is 0.562. The number of rotatable bonds is 5. The Labute approximate surface area is 150 Å². The van der Waals surface area contributed by atoms with Crippen LogP contribution in [0.25, 0.3) is 0 Å². The molecule has 1 aromatic rings. The molecule has 0 bridgehead atoms. The number of hydrogen-bond acceptors (Lipinski definition) is 4. The van der Waals surface area contributed by atoms with Crippen LogP contribution in [0.4, 0.5) is 0 Å². The Hall–Kier alpha value is -1.15. The van der Waals surface area contributed by atoms with Crippen LogP contribution < -0.4 is 10.6 Å². The van der Waals surface area contributed by atoms with E-state index in [2.05, 4.69) is 10.6 Å². The van der Waals surface area contributed by atoms with Gasteiger partial charge in [-0.25, -0.2) is 8.42 Å². The maximum atomic E-state index is 12.5. The van der Waals surface area contributed by atoms with Crippen molar-refractivity contribution in [1.29, 1.82) is 0 Å². The molecule has 8 heteroatoms. The van der Waals surface area contributed by atoms with Gasteiger partial charge in [-0.15, -0.1) is 12.4 Å². The van der Waals surface area contributed by atoms with E-state index < -0.39 is 10.0 Å². The first-order valence-electron chi connectivity index (χ1n) is 7.92. The summed E-state index contributed by atoms with van der Waals surface area (Å²) in [7, 11) is -2.04. The number of piperidine rings is 1. The van der Waals surface area contributed by atoms with E-state index in [1.165, 1.54) is 16.4 Å². The summed E-state index contributed by atoms with van der Waals surface area (Å²) in [4.78, 5) is 12.5. The van der Waals surface area contributed by atoms with Crippen LogP contribution in [-0.4, -0.2) is 50.9 Å². The Morgan fingerprint density at radius 3 is 2.50 bits per heavy atom. The van der Waals surface area contributed by atoms with E-state index in [9.17, 15) is 13.2 Å². The van der Waals surface area contributed by atoms with Crippen molar-refractivity contribution in [2.24, 2.45) is 0 Å². The van der Waals surface area contributed by atoms with Gasteiger partial charge < -0.3 is 10.6 Å². The largest absolute Gasteiger partial charge is 0.349 e.